The van der Waals surface area contributed by atoms with Crippen molar-refractivity contribution >= 4 is 0 Å². The first-order valence-electron chi connectivity index (χ1n) is 13.4. The lowest BCUT2D eigenvalue weighted by molar-refractivity contribution is -0.277. The number of aromatic hydroxyl groups is 2. The van der Waals surface area contributed by atoms with Crippen molar-refractivity contribution in [3.63, 3.8) is 0 Å². The summed E-state index contributed by atoms with van der Waals surface area (Å²) < 4.78 is 27.8. The number of ether oxygens (including phenoxy) is 5. The van der Waals surface area contributed by atoms with Gasteiger partial charge in [0.25, 0.3) is 0 Å². The third kappa shape index (κ3) is 6.04. The zero-order valence-corrected chi connectivity index (χ0v) is 22.4. The van der Waals surface area contributed by atoms with Gasteiger partial charge in [-0.3, -0.25) is 0 Å². The molecule has 16 nitrogen and oxygen atoms in total. The molecule has 2 aromatic carbocycles. The predicted molar refractivity (Wildman–Crippen MR) is 138 cm³/mol. The van der Waals surface area contributed by atoms with Crippen LogP contribution in [0.15, 0.2) is 30.3 Å². The number of rotatable bonds is 7. The Bertz CT molecular complexity index is 1270. The summed E-state index contributed by atoms with van der Waals surface area (Å²) >= 11 is 0. The summed E-state index contributed by atoms with van der Waals surface area (Å²) in [6.45, 7) is -1.36. The second-order valence-corrected chi connectivity index (χ2v) is 10.6. The van der Waals surface area contributed by atoms with Crippen molar-refractivity contribution in [1.29, 1.82) is 0 Å². The lowest BCUT2D eigenvalue weighted by atomic mass is 9.93. The molecule has 0 bridgehead atoms. The van der Waals surface area contributed by atoms with Crippen LogP contribution in [0.5, 0.6) is 28.7 Å². The minimum Gasteiger partial charge on any atom is -0.507 e. The average Bonchev–Trinajstić information content (AvgIpc) is 2.99. The van der Waals surface area contributed by atoms with Gasteiger partial charge in [0, 0.05) is 24.1 Å². The molecule has 0 saturated carbocycles. The first-order valence-corrected chi connectivity index (χ1v) is 13.4. The Morgan fingerprint density at radius 3 is 1.84 bits per heavy atom. The fourth-order valence-corrected chi connectivity index (χ4v) is 5.20. The smallest absolute Gasteiger partial charge is 0.229 e. The summed E-state index contributed by atoms with van der Waals surface area (Å²) in [5.74, 6) is -0.982. The molecule has 3 aliphatic heterocycles. The zero-order chi connectivity index (χ0) is 31.2. The molecule has 3 heterocycles. The van der Waals surface area contributed by atoms with Crippen LogP contribution in [-0.4, -0.2) is 137 Å². The van der Waals surface area contributed by atoms with Crippen molar-refractivity contribution in [2.45, 2.75) is 80.0 Å². The van der Waals surface area contributed by atoms with Crippen LogP contribution in [0.4, 0.5) is 0 Å². The van der Waals surface area contributed by atoms with E-state index in [9.17, 15) is 56.2 Å². The highest BCUT2D eigenvalue weighted by Gasteiger charge is 2.46. The molecule has 16 heteroatoms. The lowest BCUT2D eigenvalue weighted by Crippen LogP contribution is -2.60. The normalized spacial score (nSPS) is 37.7. The molecule has 0 amide bonds. The van der Waals surface area contributed by atoms with Crippen LogP contribution in [0.3, 0.4) is 0 Å². The quantitative estimate of drug-likeness (QED) is 0.144. The summed E-state index contributed by atoms with van der Waals surface area (Å²) in [7, 11) is 0. The summed E-state index contributed by atoms with van der Waals surface area (Å²) in [5, 5.41) is 111. The molecule has 2 aromatic rings. The third-order valence-electron chi connectivity index (χ3n) is 7.68. The van der Waals surface area contributed by atoms with Gasteiger partial charge in [0.1, 0.15) is 72.2 Å². The van der Waals surface area contributed by atoms with Crippen LogP contribution >= 0.6 is 0 Å². The molecule has 11 N–H and O–H groups in total. The number of aliphatic hydroxyl groups is 9. The topological polar surface area (TPSA) is 269 Å². The van der Waals surface area contributed by atoms with Gasteiger partial charge in [-0.2, -0.15) is 0 Å². The van der Waals surface area contributed by atoms with Crippen molar-refractivity contribution in [3.8, 4) is 28.7 Å². The van der Waals surface area contributed by atoms with Gasteiger partial charge in [0.05, 0.1) is 19.3 Å². The summed E-state index contributed by atoms with van der Waals surface area (Å²) in [6.07, 6.45) is -18.0. The van der Waals surface area contributed by atoms with Crippen LogP contribution in [0.25, 0.3) is 0 Å². The molecular weight excluding hydrogens is 580 g/mol. The monoisotopic (exact) mass is 614 g/mol. The Labute approximate surface area is 243 Å². The van der Waals surface area contributed by atoms with Gasteiger partial charge in [-0.05, 0) is 17.7 Å². The van der Waals surface area contributed by atoms with Gasteiger partial charge in [-0.25, -0.2) is 0 Å². The zero-order valence-electron chi connectivity index (χ0n) is 22.4. The number of aliphatic hydroxyl groups excluding tert-OH is 9. The molecule has 2 saturated heterocycles. The van der Waals surface area contributed by atoms with Gasteiger partial charge in [0.2, 0.25) is 12.6 Å². The van der Waals surface area contributed by atoms with E-state index in [4.69, 9.17) is 23.7 Å². The highest BCUT2D eigenvalue weighted by atomic mass is 16.7. The molecule has 0 aromatic heterocycles. The number of phenols is 2. The van der Waals surface area contributed by atoms with Crippen molar-refractivity contribution in [2.75, 3.05) is 13.2 Å². The maximum Gasteiger partial charge on any atom is 0.229 e. The Kier molecular flexibility index (Phi) is 9.17. The standard InChI is InChI=1S/C27H34O16/c28-7-17-19(33)21(35)23(37)26(42-17)39-10-4-13(31)11-6-14(32)25(40-15(11)5-10)9-1-2-12(30)16(3-9)41-27-24(38)22(36)20(34)18(8-29)43-27/h1-5,14,17-38H,6-8H2/t14?,17-,18-,19-,20-,21+,22+,23-,24-,25?,26-,27-/m1/s1. The molecule has 2 fully saturated rings. The van der Waals surface area contributed by atoms with Crippen molar-refractivity contribution < 1.29 is 79.9 Å². The second-order valence-electron chi connectivity index (χ2n) is 10.6. The molecule has 3 aliphatic rings. The van der Waals surface area contributed by atoms with E-state index in [2.05, 4.69) is 0 Å². The molecule has 0 radical (unpaired) electrons. The van der Waals surface area contributed by atoms with Crippen LogP contribution in [0.2, 0.25) is 0 Å². The predicted octanol–water partition coefficient (Wildman–Crippen LogP) is -3.51. The SMILES string of the molecule is OC[C@H]1O[C@@H](Oc2cc(O)c3c(c2)OC(c2ccc(O)c(O[C@@H]4O[C@H](CO)[C@@H](O)[C@H](O)[C@H]4O)c2)C(O)C3)[C@H](O)[C@@H](O)[C@@H]1O. The highest BCUT2D eigenvalue weighted by molar-refractivity contribution is 5.52. The average molecular weight is 615 g/mol. The van der Waals surface area contributed by atoms with E-state index in [1.165, 1.54) is 30.3 Å². The molecule has 0 aliphatic carbocycles. The van der Waals surface area contributed by atoms with Crippen LogP contribution < -0.4 is 14.2 Å². The first-order chi connectivity index (χ1) is 20.4. The number of benzene rings is 2. The fourth-order valence-electron chi connectivity index (χ4n) is 5.20. The minimum atomic E-state index is -1.74. The van der Waals surface area contributed by atoms with Gasteiger partial charge < -0.3 is 79.9 Å². The maximum absolute atomic E-state index is 10.9. The Morgan fingerprint density at radius 2 is 1.26 bits per heavy atom. The summed E-state index contributed by atoms with van der Waals surface area (Å²) in [6, 6.07) is 6.42. The van der Waals surface area contributed by atoms with Crippen LogP contribution in [0.1, 0.15) is 17.2 Å². The van der Waals surface area contributed by atoms with Gasteiger partial charge in [0.15, 0.2) is 11.5 Å². The summed E-state index contributed by atoms with van der Waals surface area (Å²) in [5.41, 5.74) is 0.497. The van der Waals surface area contributed by atoms with Crippen LogP contribution in [-0.2, 0) is 15.9 Å². The molecule has 2 unspecified atom stereocenters. The minimum absolute atomic E-state index is 0.0689. The van der Waals surface area contributed by atoms with Crippen molar-refractivity contribution in [2.24, 2.45) is 0 Å². The van der Waals surface area contributed by atoms with E-state index < -0.39 is 92.6 Å². The van der Waals surface area contributed by atoms with E-state index in [1.807, 2.05) is 0 Å². The van der Waals surface area contributed by atoms with Crippen molar-refractivity contribution in [3.05, 3.63) is 41.5 Å². The first kappa shape index (κ1) is 31.4. The highest BCUT2D eigenvalue weighted by Crippen LogP contribution is 2.44. The summed E-state index contributed by atoms with van der Waals surface area (Å²) in [4.78, 5) is 0. The third-order valence-corrected chi connectivity index (χ3v) is 7.68. The molecule has 43 heavy (non-hydrogen) atoms. The van der Waals surface area contributed by atoms with E-state index in [1.54, 1.807) is 0 Å². The Hall–Kier alpha value is -3.00. The Morgan fingerprint density at radius 1 is 0.674 bits per heavy atom. The number of phenolic OH excluding ortho intramolecular Hbond substituents is 2. The molecule has 5 rings (SSSR count). The van der Waals surface area contributed by atoms with Gasteiger partial charge >= 0.3 is 0 Å². The largest absolute Gasteiger partial charge is 0.507 e. The number of hydrogen-bond acceptors (Lipinski definition) is 16. The van der Waals surface area contributed by atoms with Crippen molar-refractivity contribution in [1.82, 2.24) is 0 Å². The number of fused-ring (bicyclic) bond motifs is 1. The molecular formula is C27H34O16. The van der Waals surface area contributed by atoms with Gasteiger partial charge in [-0.1, -0.05) is 6.07 Å². The van der Waals surface area contributed by atoms with E-state index in [0.717, 1.165) is 0 Å². The fraction of sp³-hybridized carbons (Fsp3) is 0.556. The maximum atomic E-state index is 10.9. The second kappa shape index (κ2) is 12.5. The number of hydrogen-bond donors (Lipinski definition) is 11. The van der Waals surface area contributed by atoms with E-state index in [0.29, 0.717) is 0 Å². The van der Waals surface area contributed by atoms with E-state index >= 15 is 0 Å². The van der Waals surface area contributed by atoms with Crippen LogP contribution in [0, 0.1) is 0 Å². The van der Waals surface area contributed by atoms with Gasteiger partial charge in [-0.15, -0.1) is 0 Å². The molecule has 0 spiro atoms. The molecule has 12 atom stereocenters. The Balaban J connectivity index is 1.36. The lowest BCUT2D eigenvalue weighted by Gasteiger charge is -2.39. The molecule has 238 valence electrons. The van der Waals surface area contributed by atoms with E-state index in [-0.39, 0.29) is 40.5 Å².